The number of carbonyl (C=O) groups excluding carboxylic acids is 1. The Bertz CT molecular complexity index is 592. The highest BCUT2D eigenvalue weighted by atomic mass is 16.5. The molecule has 0 spiro atoms. The van der Waals surface area contributed by atoms with Gasteiger partial charge in [0.2, 0.25) is 0 Å². The fourth-order valence-corrected chi connectivity index (χ4v) is 3.69. The number of carbonyl (C=O) groups is 2. The Morgan fingerprint density at radius 1 is 1.17 bits per heavy atom. The van der Waals surface area contributed by atoms with Gasteiger partial charge in [-0.2, -0.15) is 0 Å². The number of piperidine rings is 1. The van der Waals surface area contributed by atoms with Gasteiger partial charge in [0.25, 0.3) is 5.91 Å². The van der Waals surface area contributed by atoms with Crippen LogP contribution in [0.15, 0.2) is 24.3 Å². The molecule has 2 aliphatic rings. The maximum absolute atomic E-state index is 12.6. The summed E-state index contributed by atoms with van der Waals surface area (Å²) in [4.78, 5) is 25.7. The van der Waals surface area contributed by atoms with Gasteiger partial charge >= 0.3 is 5.97 Å². The van der Waals surface area contributed by atoms with Gasteiger partial charge in [-0.1, -0.05) is 0 Å². The quantitative estimate of drug-likeness (QED) is 0.912. The summed E-state index contributed by atoms with van der Waals surface area (Å²) in [5, 5.41) is 9.29. The predicted octanol–water partition coefficient (Wildman–Crippen LogP) is 2.04. The summed E-state index contributed by atoms with van der Waals surface area (Å²) < 4.78 is 10.8. The standard InChI is InChI=1S/C18H23NO5/c1-23-14-4-2-13(3-5-14)17(20)19-9-6-12(7-10-19)16-15(18(21)22)8-11-24-16/h2-5,12,15-16H,6-11H2,1H3,(H,21,22)/t15?,16-/m0/s1. The highest BCUT2D eigenvalue weighted by molar-refractivity contribution is 5.94. The summed E-state index contributed by atoms with van der Waals surface area (Å²) in [6, 6.07) is 7.11. The molecule has 1 aromatic carbocycles. The number of nitrogens with zero attached hydrogens (tertiary/aromatic N) is 1. The van der Waals surface area contributed by atoms with Crippen LogP contribution in [0.1, 0.15) is 29.6 Å². The van der Waals surface area contributed by atoms with Crippen LogP contribution in [0.3, 0.4) is 0 Å². The number of ether oxygens (including phenoxy) is 2. The predicted molar refractivity (Wildman–Crippen MR) is 87.1 cm³/mol. The third-order valence-corrected chi connectivity index (χ3v) is 5.08. The van der Waals surface area contributed by atoms with E-state index in [1.54, 1.807) is 31.4 Å². The van der Waals surface area contributed by atoms with Crippen LogP contribution in [0.5, 0.6) is 5.75 Å². The Balaban J connectivity index is 1.58. The number of likely N-dealkylation sites (tertiary alicyclic amines) is 1. The van der Waals surface area contributed by atoms with Gasteiger partial charge in [0.05, 0.1) is 19.1 Å². The minimum Gasteiger partial charge on any atom is -0.497 e. The Morgan fingerprint density at radius 3 is 2.42 bits per heavy atom. The molecule has 130 valence electrons. The molecule has 2 fully saturated rings. The van der Waals surface area contributed by atoms with Crippen LogP contribution in [-0.4, -0.2) is 54.8 Å². The summed E-state index contributed by atoms with van der Waals surface area (Å²) in [6.45, 7) is 1.80. The second-order valence-electron chi connectivity index (χ2n) is 6.43. The van der Waals surface area contributed by atoms with Crippen molar-refractivity contribution in [3.63, 3.8) is 0 Å². The molecule has 2 aliphatic heterocycles. The van der Waals surface area contributed by atoms with Crippen LogP contribution in [0, 0.1) is 11.8 Å². The highest BCUT2D eigenvalue weighted by Gasteiger charge is 2.40. The summed E-state index contributed by atoms with van der Waals surface area (Å²) in [5.74, 6) is -0.219. The molecule has 3 rings (SSSR count). The van der Waals surface area contributed by atoms with Crippen molar-refractivity contribution in [2.24, 2.45) is 11.8 Å². The van der Waals surface area contributed by atoms with Crippen LogP contribution in [0.25, 0.3) is 0 Å². The van der Waals surface area contributed by atoms with E-state index in [4.69, 9.17) is 9.47 Å². The van der Waals surface area contributed by atoms with Crippen molar-refractivity contribution >= 4 is 11.9 Å². The molecule has 0 bridgehead atoms. The topological polar surface area (TPSA) is 76.1 Å². The first-order valence-electron chi connectivity index (χ1n) is 8.38. The number of hydrogen-bond donors (Lipinski definition) is 1. The number of hydrogen-bond acceptors (Lipinski definition) is 4. The molecule has 2 saturated heterocycles. The van der Waals surface area contributed by atoms with E-state index in [9.17, 15) is 14.7 Å². The lowest BCUT2D eigenvalue weighted by molar-refractivity contribution is -0.145. The van der Waals surface area contributed by atoms with Gasteiger partial charge in [-0.25, -0.2) is 0 Å². The smallest absolute Gasteiger partial charge is 0.309 e. The molecular formula is C18H23NO5. The molecule has 6 heteroatoms. The van der Waals surface area contributed by atoms with E-state index in [1.807, 2.05) is 4.90 Å². The lowest BCUT2D eigenvalue weighted by Gasteiger charge is -2.35. The van der Waals surface area contributed by atoms with Crippen molar-refractivity contribution in [1.82, 2.24) is 4.90 Å². The minimum absolute atomic E-state index is 0.0122. The van der Waals surface area contributed by atoms with Crippen molar-refractivity contribution in [3.8, 4) is 5.75 Å². The SMILES string of the molecule is COc1ccc(C(=O)N2CCC([C@@H]3OCCC3C(=O)O)CC2)cc1. The van der Waals surface area contributed by atoms with Gasteiger partial charge in [0.15, 0.2) is 0 Å². The van der Waals surface area contributed by atoms with Gasteiger partial charge in [-0.15, -0.1) is 0 Å². The highest BCUT2D eigenvalue weighted by Crippen LogP contribution is 2.33. The Hall–Kier alpha value is -2.08. The molecule has 1 amide bonds. The third kappa shape index (κ3) is 3.38. The Morgan fingerprint density at radius 2 is 1.83 bits per heavy atom. The monoisotopic (exact) mass is 333 g/mol. The normalized spacial score (nSPS) is 24.8. The molecular weight excluding hydrogens is 310 g/mol. The van der Waals surface area contributed by atoms with Crippen LogP contribution in [0.2, 0.25) is 0 Å². The van der Waals surface area contributed by atoms with Crippen molar-refractivity contribution in [1.29, 1.82) is 0 Å². The zero-order valence-electron chi connectivity index (χ0n) is 13.8. The first kappa shape index (κ1) is 16.8. The third-order valence-electron chi connectivity index (χ3n) is 5.08. The zero-order valence-corrected chi connectivity index (χ0v) is 13.8. The second-order valence-corrected chi connectivity index (χ2v) is 6.43. The van der Waals surface area contributed by atoms with Crippen LogP contribution in [-0.2, 0) is 9.53 Å². The fraction of sp³-hybridized carbons (Fsp3) is 0.556. The van der Waals surface area contributed by atoms with E-state index in [-0.39, 0.29) is 17.9 Å². The Kier molecular flexibility index (Phi) is 5.04. The average molecular weight is 333 g/mol. The summed E-state index contributed by atoms with van der Waals surface area (Å²) in [7, 11) is 1.59. The number of amides is 1. The molecule has 24 heavy (non-hydrogen) atoms. The second kappa shape index (κ2) is 7.21. The molecule has 1 unspecified atom stereocenters. The van der Waals surface area contributed by atoms with Crippen LogP contribution < -0.4 is 4.74 Å². The van der Waals surface area contributed by atoms with E-state index in [0.717, 1.165) is 18.6 Å². The maximum Gasteiger partial charge on any atom is 0.309 e. The lowest BCUT2D eigenvalue weighted by Crippen LogP contribution is -2.43. The summed E-state index contributed by atoms with van der Waals surface area (Å²) in [5.41, 5.74) is 0.648. The van der Waals surface area contributed by atoms with Gasteiger partial charge in [0.1, 0.15) is 5.75 Å². The molecule has 2 heterocycles. The molecule has 2 atom stereocenters. The first-order chi connectivity index (χ1) is 11.6. The van der Waals surface area contributed by atoms with E-state index in [2.05, 4.69) is 0 Å². The number of rotatable bonds is 4. The average Bonchev–Trinajstić information content (AvgIpc) is 3.11. The van der Waals surface area contributed by atoms with Crippen LogP contribution >= 0.6 is 0 Å². The van der Waals surface area contributed by atoms with Crippen molar-refractivity contribution in [3.05, 3.63) is 29.8 Å². The number of carboxylic acids is 1. The van der Waals surface area contributed by atoms with Crippen LogP contribution in [0.4, 0.5) is 0 Å². The number of aliphatic carboxylic acids is 1. The lowest BCUT2D eigenvalue weighted by atomic mass is 9.84. The zero-order chi connectivity index (χ0) is 17.1. The van der Waals surface area contributed by atoms with E-state index >= 15 is 0 Å². The molecule has 0 aliphatic carbocycles. The molecule has 1 N–H and O–H groups in total. The largest absolute Gasteiger partial charge is 0.497 e. The number of carboxylic acid groups (broad SMARTS) is 1. The van der Waals surface area contributed by atoms with Crippen molar-refractivity contribution in [2.45, 2.75) is 25.4 Å². The van der Waals surface area contributed by atoms with Gasteiger partial charge < -0.3 is 19.5 Å². The van der Waals surface area contributed by atoms with Gasteiger partial charge in [0, 0.05) is 25.3 Å². The van der Waals surface area contributed by atoms with Crippen molar-refractivity contribution in [2.75, 3.05) is 26.8 Å². The maximum atomic E-state index is 12.6. The van der Waals surface area contributed by atoms with Gasteiger partial charge in [-0.05, 0) is 49.4 Å². The fourth-order valence-electron chi connectivity index (χ4n) is 3.69. The molecule has 1 aromatic rings. The molecule has 0 aromatic heterocycles. The van der Waals surface area contributed by atoms with E-state index in [1.165, 1.54) is 0 Å². The number of benzene rings is 1. The molecule has 0 radical (unpaired) electrons. The van der Waals surface area contributed by atoms with E-state index < -0.39 is 11.9 Å². The van der Waals surface area contributed by atoms with Gasteiger partial charge in [-0.3, -0.25) is 9.59 Å². The van der Waals surface area contributed by atoms with Crippen molar-refractivity contribution < 1.29 is 24.2 Å². The molecule has 0 saturated carbocycles. The summed E-state index contributed by atoms with van der Waals surface area (Å²) >= 11 is 0. The molecule has 6 nitrogen and oxygen atoms in total. The Labute approximate surface area is 141 Å². The first-order valence-corrected chi connectivity index (χ1v) is 8.38. The summed E-state index contributed by atoms with van der Waals surface area (Å²) in [6.07, 6.45) is 1.96. The minimum atomic E-state index is -0.769. The number of methoxy groups -OCH3 is 1. The van der Waals surface area contributed by atoms with E-state index in [0.29, 0.717) is 31.7 Å².